The van der Waals surface area contributed by atoms with E-state index in [4.69, 9.17) is 9.88 Å². The lowest BCUT2D eigenvalue weighted by Crippen LogP contribution is -2.17. The van der Waals surface area contributed by atoms with Crippen molar-refractivity contribution >= 4 is 22.4 Å². The fourth-order valence-electron chi connectivity index (χ4n) is 2.91. The van der Waals surface area contributed by atoms with Gasteiger partial charge in [0, 0.05) is 6.54 Å². The molecule has 30 heavy (non-hydrogen) atoms. The highest BCUT2D eigenvalue weighted by molar-refractivity contribution is 7.89. The molecule has 0 aliphatic carbocycles. The van der Waals surface area contributed by atoms with Crippen molar-refractivity contribution < 1.29 is 13.2 Å². The van der Waals surface area contributed by atoms with Crippen LogP contribution in [0.15, 0.2) is 77.7 Å². The molecule has 3 aromatic carbocycles. The molecule has 5 nitrogen and oxygen atoms in total. The number of hydrogen-bond acceptors (Lipinski definition) is 4. The Balaban J connectivity index is 0.00000320. The molecule has 7 heteroatoms. The maximum Gasteiger partial charge on any atom is 0.238 e. The van der Waals surface area contributed by atoms with Gasteiger partial charge < -0.3 is 10.1 Å². The first-order valence-electron chi connectivity index (χ1n) is 9.50. The minimum absolute atomic E-state index is 0. The molecule has 0 saturated heterocycles. The molecule has 0 saturated carbocycles. The van der Waals surface area contributed by atoms with Crippen molar-refractivity contribution in [2.45, 2.75) is 31.4 Å². The van der Waals surface area contributed by atoms with Crippen LogP contribution in [0.3, 0.4) is 0 Å². The van der Waals surface area contributed by atoms with E-state index in [1.807, 2.05) is 18.2 Å². The predicted molar refractivity (Wildman–Crippen MR) is 122 cm³/mol. The Labute approximate surface area is 184 Å². The average Bonchev–Trinajstić information content (AvgIpc) is 2.71. The van der Waals surface area contributed by atoms with Crippen LogP contribution in [-0.4, -0.2) is 15.0 Å². The van der Waals surface area contributed by atoms with E-state index in [-0.39, 0.29) is 17.3 Å². The van der Waals surface area contributed by atoms with Gasteiger partial charge in [0.05, 0.1) is 4.90 Å². The first kappa shape index (κ1) is 23.9. The molecular weight excluding hydrogens is 420 g/mol. The topological polar surface area (TPSA) is 81.4 Å². The molecule has 160 valence electrons. The van der Waals surface area contributed by atoms with Crippen LogP contribution >= 0.6 is 12.4 Å². The number of sulfonamides is 1. The number of aryl methyl sites for hydroxylation is 1. The van der Waals surface area contributed by atoms with Gasteiger partial charge in [-0.3, -0.25) is 0 Å². The maximum atomic E-state index is 11.3. The Bertz CT molecular complexity index is 1040. The second-order valence-electron chi connectivity index (χ2n) is 7.04. The molecule has 0 heterocycles. The van der Waals surface area contributed by atoms with Crippen molar-refractivity contribution in [3.8, 4) is 5.75 Å². The number of benzene rings is 3. The SMILES string of the molecule is Cc1ccc(COc2cccc(CNCCc3ccc(S(N)(=O)=O)cc3)c2)cc1.Cl. The van der Waals surface area contributed by atoms with Crippen molar-refractivity contribution in [1.29, 1.82) is 0 Å². The van der Waals surface area contributed by atoms with Crippen molar-refractivity contribution in [2.75, 3.05) is 6.54 Å². The van der Waals surface area contributed by atoms with Crippen LogP contribution in [0.25, 0.3) is 0 Å². The van der Waals surface area contributed by atoms with Crippen molar-refractivity contribution in [2.24, 2.45) is 5.14 Å². The standard InChI is InChI=1S/C23H26N2O3S.ClH/c1-18-5-7-20(8-6-18)17-28-22-4-2-3-21(15-22)16-25-14-13-19-9-11-23(12-10-19)29(24,26)27;/h2-12,15,25H,13-14,16-17H2,1H3,(H2,24,26,27);1H. The number of nitrogens with one attached hydrogen (secondary N) is 1. The predicted octanol–water partition coefficient (Wildman–Crippen LogP) is 3.98. The van der Waals surface area contributed by atoms with Crippen LogP contribution in [0.1, 0.15) is 22.3 Å². The highest BCUT2D eigenvalue weighted by atomic mass is 35.5. The summed E-state index contributed by atoms with van der Waals surface area (Å²) in [5.41, 5.74) is 4.59. The zero-order valence-electron chi connectivity index (χ0n) is 16.9. The van der Waals surface area contributed by atoms with E-state index in [1.165, 1.54) is 5.56 Å². The van der Waals surface area contributed by atoms with Gasteiger partial charge in [-0.25, -0.2) is 13.6 Å². The molecule has 0 spiro atoms. The van der Waals surface area contributed by atoms with E-state index in [0.29, 0.717) is 6.61 Å². The van der Waals surface area contributed by atoms with Crippen LogP contribution in [0.5, 0.6) is 5.75 Å². The van der Waals surface area contributed by atoms with E-state index >= 15 is 0 Å². The first-order chi connectivity index (χ1) is 13.9. The summed E-state index contributed by atoms with van der Waals surface area (Å²) in [5.74, 6) is 0.850. The molecule has 0 atom stereocenters. The van der Waals surface area contributed by atoms with Gasteiger partial charge in [-0.2, -0.15) is 0 Å². The van der Waals surface area contributed by atoms with Gasteiger partial charge in [-0.1, -0.05) is 54.1 Å². The molecule has 0 bridgehead atoms. The minimum Gasteiger partial charge on any atom is -0.489 e. The van der Waals surface area contributed by atoms with Gasteiger partial charge in [0.15, 0.2) is 0 Å². The Hall–Kier alpha value is -2.38. The van der Waals surface area contributed by atoms with Crippen molar-refractivity contribution in [3.05, 3.63) is 95.1 Å². The van der Waals surface area contributed by atoms with E-state index in [1.54, 1.807) is 24.3 Å². The molecule has 0 amide bonds. The molecule has 3 aromatic rings. The van der Waals surface area contributed by atoms with E-state index in [0.717, 1.165) is 42.0 Å². The van der Waals surface area contributed by atoms with E-state index < -0.39 is 10.0 Å². The fourth-order valence-corrected chi connectivity index (χ4v) is 3.42. The molecule has 3 N–H and O–H groups in total. The van der Waals surface area contributed by atoms with Crippen LogP contribution in [0.4, 0.5) is 0 Å². The molecule has 0 unspecified atom stereocenters. The summed E-state index contributed by atoms with van der Waals surface area (Å²) in [7, 11) is -3.64. The zero-order valence-corrected chi connectivity index (χ0v) is 18.5. The summed E-state index contributed by atoms with van der Waals surface area (Å²) in [6, 6.07) is 23.1. The number of halogens is 1. The number of ether oxygens (including phenoxy) is 1. The van der Waals surface area contributed by atoms with Crippen LogP contribution in [0.2, 0.25) is 0 Å². The van der Waals surface area contributed by atoms with Crippen molar-refractivity contribution in [1.82, 2.24) is 5.32 Å². The number of hydrogen-bond donors (Lipinski definition) is 2. The minimum atomic E-state index is -3.64. The molecule has 0 radical (unpaired) electrons. The lowest BCUT2D eigenvalue weighted by atomic mass is 10.1. The number of rotatable bonds is 9. The third kappa shape index (κ3) is 7.46. The molecule has 0 aliphatic rings. The monoisotopic (exact) mass is 446 g/mol. The summed E-state index contributed by atoms with van der Waals surface area (Å²) in [4.78, 5) is 0.136. The van der Waals surface area contributed by atoms with Gasteiger partial charge >= 0.3 is 0 Å². The summed E-state index contributed by atoms with van der Waals surface area (Å²) < 4.78 is 28.5. The van der Waals surface area contributed by atoms with Crippen LogP contribution in [-0.2, 0) is 29.6 Å². The van der Waals surface area contributed by atoms with Gasteiger partial charge in [0.1, 0.15) is 12.4 Å². The second kappa shape index (κ2) is 11.1. The highest BCUT2D eigenvalue weighted by Gasteiger charge is 2.06. The van der Waals surface area contributed by atoms with E-state index in [2.05, 4.69) is 42.6 Å². The van der Waals surface area contributed by atoms with Gasteiger partial charge in [-0.15, -0.1) is 12.4 Å². The summed E-state index contributed by atoms with van der Waals surface area (Å²) in [6.07, 6.45) is 0.800. The Morgan fingerprint density at radius 2 is 1.57 bits per heavy atom. The maximum absolute atomic E-state index is 11.3. The summed E-state index contributed by atoms with van der Waals surface area (Å²) in [6.45, 7) is 4.13. The van der Waals surface area contributed by atoms with Crippen LogP contribution < -0.4 is 15.2 Å². The lowest BCUT2D eigenvalue weighted by Gasteiger charge is -2.10. The fraction of sp³-hybridized carbons (Fsp3) is 0.217. The molecule has 0 fully saturated rings. The molecule has 0 aromatic heterocycles. The number of primary sulfonamides is 1. The third-order valence-corrected chi connectivity index (χ3v) is 5.53. The highest BCUT2D eigenvalue weighted by Crippen LogP contribution is 2.16. The van der Waals surface area contributed by atoms with Gasteiger partial charge in [0.25, 0.3) is 0 Å². The zero-order chi connectivity index (χ0) is 20.7. The smallest absolute Gasteiger partial charge is 0.238 e. The summed E-state index contributed by atoms with van der Waals surface area (Å²) in [5, 5.41) is 8.52. The van der Waals surface area contributed by atoms with Gasteiger partial charge in [-0.05, 0) is 60.8 Å². The Kier molecular flexibility index (Phi) is 8.87. The second-order valence-corrected chi connectivity index (χ2v) is 8.60. The summed E-state index contributed by atoms with van der Waals surface area (Å²) >= 11 is 0. The van der Waals surface area contributed by atoms with E-state index in [9.17, 15) is 8.42 Å². The van der Waals surface area contributed by atoms with Gasteiger partial charge in [0.2, 0.25) is 10.0 Å². The molecular formula is C23H27ClN2O3S. The first-order valence-corrected chi connectivity index (χ1v) is 11.0. The normalized spacial score (nSPS) is 11.0. The number of nitrogens with two attached hydrogens (primary N) is 1. The van der Waals surface area contributed by atoms with Crippen LogP contribution in [0, 0.1) is 6.92 Å². The lowest BCUT2D eigenvalue weighted by molar-refractivity contribution is 0.306. The third-order valence-electron chi connectivity index (χ3n) is 4.60. The van der Waals surface area contributed by atoms with Crippen molar-refractivity contribution in [3.63, 3.8) is 0 Å². The Morgan fingerprint density at radius 3 is 2.23 bits per heavy atom. The largest absolute Gasteiger partial charge is 0.489 e. The molecule has 3 rings (SSSR count). The quantitative estimate of drug-likeness (QED) is 0.487. The Morgan fingerprint density at radius 1 is 0.900 bits per heavy atom. The molecule has 0 aliphatic heterocycles. The average molecular weight is 447 g/mol.